The predicted molar refractivity (Wildman–Crippen MR) is 87.2 cm³/mol. The van der Waals surface area contributed by atoms with Crippen LogP contribution in [-0.2, 0) is 0 Å². The van der Waals surface area contributed by atoms with Crippen LogP contribution < -0.4 is 15.4 Å². The average Bonchev–Trinajstić information content (AvgIpc) is 2.54. The van der Waals surface area contributed by atoms with Crippen LogP contribution in [0.3, 0.4) is 0 Å². The van der Waals surface area contributed by atoms with Crippen molar-refractivity contribution < 1.29 is 9.13 Å². The van der Waals surface area contributed by atoms with Gasteiger partial charge in [0.2, 0.25) is 0 Å². The molecule has 0 amide bonds. The number of halogens is 1. The topological polar surface area (TPSA) is 69.5 Å². The van der Waals surface area contributed by atoms with Gasteiger partial charge in [-0.3, -0.25) is 0 Å². The zero-order valence-corrected chi connectivity index (χ0v) is 12.2. The fraction of sp³-hybridized carbons (Fsp3) is 0.250. The molecule has 5 nitrogen and oxygen atoms in total. The maximum Gasteiger partial charge on any atom is 0.131 e. The van der Waals surface area contributed by atoms with Gasteiger partial charge in [0.05, 0.1) is 0 Å². The molecule has 0 fully saturated rings. The number of allylic oxidation sites excluding steroid dienone is 1. The van der Waals surface area contributed by atoms with E-state index >= 15 is 0 Å². The van der Waals surface area contributed by atoms with Gasteiger partial charge >= 0.3 is 0 Å². The molecule has 0 aromatic heterocycles. The third-order valence-electron chi connectivity index (χ3n) is 3.10. The molecule has 0 atom stereocenters. The lowest BCUT2D eigenvalue weighted by Gasteiger charge is -2.12. The fourth-order valence-corrected chi connectivity index (χ4v) is 1.95. The molecule has 1 aliphatic heterocycles. The Labute approximate surface area is 129 Å². The van der Waals surface area contributed by atoms with Crippen LogP contribution >= 0.6 is 0 Å². The summed E-state index contributed by atoms with van der Waals surface area (Å²) < 4.78 is 19.6. The number of aliphatic imine (C=N–C) groups is 1. The van der Waals surface area contributed by atoms with Gasteiger partial charge in [0.25, 0.3) is 0 Å². The van der Waals surface area contributed by atoms with E-state index in [1.807, 2.05) is 0 Å². The Morgan fingerprint density at radius 1 is 1.32 bits per heavy atom. The number of amidine groups is 1. The molecule has 3 N–H and O–H groups in total. The highest BCUT2D eigenvalue weighted by Gasteiger charge is 2.09. The van der Waals surface area contributed by atoms with E-state index < -0.39 is 5.82 Å². The minimum absolute atomic E-state index is 0.282. The van der Waals surface area contributed by atoms with Crippen LogP contribution in [0, 0.1) is 11.2 Å². The first-order valence-electron chi connectivity index (χ1n) is 7.03. The minimum Gasteiger partial charge on any atom is -0.492 e. The third-order valence-corrected chi connectivity index (χ3v) is 3.10. The zero-order chi connectivity index (χ0) is 15.8. The Hall–Kier alpha value is -2.47. The van der Waals surface area contributed by atoms with Crippen molar-refractivity contribution in [2.75, 3.05) is 26.2 Å². The molecule has 1 heterocycles. The molecule has 1 aliphatic rings. The van der Waals surface area contributed by atoms with Crippen molar-refractivity contribution in [3.8, 4) is 5.75 Å². The van der Waals surface area contributed by atoms with E-state index in [1.54, 1.807) is 18.2 Å². The Kier molecular flexibility index (Phi) is 5.85. The molecule has 0 aliphatic carbocycles. The largest absolute Gasteiger partial charge is 0.492 e. The van der Waals surface area contributed by atoms with Gasteiger partial charge < -0.3 is 20.8 Å². The number of hydrogen-bond donors (Lipinski definition) is 3. The first kappa shape index (κ1) is 15.9. The lowest BCUT2D eigenvalue weighted by Crippen LogP contribution is -2.32. The number of nitrogens with one attached hydrogen (secondary N) is 3. The standard InChI is InChI=1S/C16H19FN4O/c1-2-16-20-6-5-19-7-8-22-13-3-4-15(17)14(9-13)12(10-18)11-21-16/h2-4,9-11,18-19H,1,5-8H2,(H,20,21)/b12-11-,18-10?. The number of benzene rings is 1. The Morgan fingerprint density at radius 2 is 2.18 bits per heavy atom. The Balaban J connectivity index is 2.41. The van der Waals surface area contributed by atoms with E-state index in [0.717, 1.165) is 12.8 Å². The Bertz CT molecular complexity index is 610. The van der Waals surface area contributed by atoms with Gasteiger partial charge in [-0.25, -0.2) is 9.38 Å². The molecular formula is C16H19FN4O. The van der Waals surface area contributed by atoms with Gasteiger partial charge in [0, 0.05) is 43.2 Å². The lowest BCUT2D eigenvalue weighted by atomic mass is 10.1. The average molecular weight is 302 g/mol. The van der Waals surface area contributed by atoms with E-state index in [2.05, 4.69) is 22.2 Å². The second-order valence-corrected chi connectivity index (χ2v) is 4.61. The quantitative estimate of drug-likeness (QED) is 0.732. The van der Waals surface area contributed by atoms with Crippen LogP contribution in [0.4, 0.5) is 4.39 Å². The first-order valence-corrected chi connectivity index (χ1v) is 7.03. The summed E-state index contributed by atoms with van der Waals surface area (Å²) in [5.41, 5.74) is 0.643. The summed E-state index contributed by atoms with van der Waals surface area (Å²) in [4.78, 5) is 4.22. The van der Waals surface area contributed by atoms with Crippen molar-refractivity contribution in [3.63, 3.8) is 0 Å². The number of ether oxygens (including phenoxy) is 1. The molecule has 2 rings (SSSR count). The molecule has 2 bridgehead atoms. The maximum atomic E-state index is 14.0. The molecule has 116 valence electrons. The molecule has 0 spiro atoms. The summed E-state index contributed by atoms with van der Waals surface area (Å²) in [6, 6.07) is 4.48. The molecule has 22 heavy (non-hydrogen) atoms. The van der Waals surface area contributed by atoms with Crippen molar-refractivity contribution in [2.45, 2.75) is 0 Å². The van der Waals surface area contributed by atoms with Crippen LogP contribution in [0.25, 0.3) is 5.57 Å². The smallest absolute Gasteiger partial charge is 0.131 e. The van der Waals surface area contributed by atoms with E-state index in [4.69, 9.17) is 10.1 Å². The van der Waals surface area contributed by atoms with Crippen LogP contribution in [0.15, 0.2) is 42.0 Å². The molecule has 6 heteroatoms. The molecular weight excluding hydrogens is 283 g/mol. The highest BCUT2D eigenvalue weighted by molar-refractivity contribution is 6.09. The highest BCUT2D eigenvalue weighted by atomic mass is 19.1. The fourth-order valence-electron chi connectivity index (χ4n) is 1.95. The van der Waals surface area contributed by atoms with E-state index in [9.17, 15) is 4.39 Å². The SMILES string of the molecule is C=C/C1=N\C=C(\C=N)c2cc(ccc2F)OCCNCCN1. The lowest BCUT2D eigenvalue weighted by molar-refractivity contribution is 0.314. The molecule has 1 aromatic rings. The van der Waals surface area contributed by atoms with Crippen molar-refractivity contribution in [1.29, 1.82) is 5.41 Å². The zero-order valence-electron chi connectivity index (χ0n) is 12.2. The van der Waals surface area contributed by atoms with Gasteiger partial charge in [-0.2, -0.15) is 0 Å². The van der Waals surface area contributed by atoms with Crippen molar-refractivity contribution in [3.05, 3.63) is 48.4 Å². The third kappa shape index (κ3) is 4.26. The second-order valence-electron chi connectivity index (χ2n) is 4.61. The monoisotopic (exact) mass is 302 g/mol. The molecule has 1 aromatic carbocycles. The predicted octanol–water partition coefficient (Wildman–Crippen LogP) is 1.97. The molecule has 0 saturated carbocycles. The molecule has 0 saturated heterocycles. The molecule has 0 radical (unpaired) electrons. The number of rotatable bonds is 2. The second kappa shape index (κ2) is 8.09. The van der Waals surface area contributed by atoms with Gasteiger partial charge in [0.1, 0.15) is 24.0 Å². The van der Waals surface area contributed by atoms with E-state index in [-0.39, 0.29) is 5.56 Å². The van der Waals surface area contributed by atoms with Gasteiger partial charge in [-0.05, 0) is 24.3 Å². The summed E-state index contributed by atoms with van der Waals surface area (Å²) in [6.07, 6.45) is 4.10. The van der Waals surface area contributed by atoms with Gasteiger partial charge in [-0.15, -0.1) is 0 Å². The summed E-state index contributed by atoms with van der Waals surface area (Å²) in [6.45, 7) is 6.29. The van der Waals surface area contributed by atoms with Crippen molar-refractivity contribution >= 4 is 17.6 Å². The van der Waals surface area contributed by atoms with Crippen molar-refractivity contribution in [2.24, 2.45) is 4.99 Å². The number of nitrogens with zero attached hydrogens (tertiary/aromatic N) is 1. The van der Waals surface area contributed by atoms with Crippen LogP contribution in [0.1, 0.15) is 5.56 Å². The normalized spacial score (nSPS) is 21.0. The van der Waals surface area contributed by atoms with E-state index in [0.29, 0.717) is 36.9 Å². The van der Waals surface area contributed by atoms with Crippen molar-refractivity contribution in [1.82, 2.24) is 10.6 Å². The number of fused-ring (bicyclic) bond motifs is 2. The van der Waals surface area contributed by atoms with Crippen LogP contribution in [-0.4, -0.2) is 38.3 Å². The van der Waals surface area contributed by atoms with Crippen LogP contribution in [0.2, 0.25) is 0 Å². The summed E-state index contributed by atoms with van der Waals surface area (Å²) >= 11 is 0. The summed E-state index contributed by atoms with van der Waals surface area (Å²) in [5.74, 6) is 0.718. The summed E-state index contributed by atoms with van der Waals surface area (Å²) in [5, 5.41) is 13.8. The minimum atomic E-state index is -0.421. The first-order chi connectivity index (χ1) is 10.7. The van der Waals surface area contributed by atoms with Gasteiger partial charge in [-0.1, -0.05) is 6.58 Å². The van der Waals surface area contributed by atoms with Gasteiger partial charge in [0.15, 0.2) is 0 Å². The van der Waals surface area contributed by atoms with Crippen LogP contribution in [0.5, 0.6) is 5.75 Å². The Morgan fingerprint density at radius 3 is 2.95 bits per heavy atom. The highest BCUT2D eigenvalue weighted by Crippen LogP contribution is 2.23. The summed E-state index contributed by atoms with van der Waals surface area (Å²) in [7, 11) is 0. The molecule has 0 unspecified atom stereocenters. The number of hydrogen-bond acceptors (Lipinski definition) is 5. The maximum absolute atomic E-state index is 14.0. The van der Waals surface area contributed by atoms with E-state index in [1.165, 1.54) is 12.3 Å².